The number of esters is 1. The van der Waals surface area contributed by atoms with Crippen LogP contribution in [0.15, 0.2) is 23.2 Å². The van der Waals surface area contributed by atoms with Gasteiger partial charge in [-0.3, -0.25) is 14.6 Å². The Morgan fingerprint density at radius 1 is 1.12 bits per heavy atom. The fraction of sp³-hybridized carbons (Fsp3) is 0.737. The monoisotopic (exact) mass is 676 g/mol. The van der Waals surface area contributed by atoms with Crippen LogP contribution in [-0.2, 0) is 16.0 Å². The van der Waals surface area contributed by atoms with E-state index in [0.717, 1.165) is 70.5 Å². The number of aliphatic imine (C=N–C) groups is 1. The predicted molar refractivity (Wildman–Crippen MR) is 188 cm³/mol. The molecule has 1 spiro atoms. The molecule has 49 heavy (non-hydrogen) atoms. The van der Waals surface area contributed by atoms with Crippen molar-refractivity contribution in [3.8, 4) is 23.3 Å². The molecule has 6 aliphatic heterocycles. The van der Waals surface area contributed by atoms with Crippen molar-refractivity contribution in [1.29, 1.82) is 0 Å². The fourth-order valence-corrected chi connectivity index (χ4v) is 9.82. The van der Waals surface area contributed by atoms with Gasteiger partial charge in [-0.15, -0.1) is 5.92 Å². The smallest absolute Gasteiger partial charge is 0.302 e. The number of carbonyl (C=O) groups is 1. The number of phenols is 1. The summed E-state index contributed by atoms with van der Waals surface area (Å²) in [6, 6.07) is 6.13. The lowest BCUT2D eigenvalue weighted by molar-refractivity contribution is -0.151. The van der Waals surface area contributed by atoms with E-state index < -0.39 is 12.2 Å². The summed E-state index contributed by atoms with van der Waals surface area (Å²) in [7, 11) is 0. The summed E-state index contributed by atoms with van der Waals surface area (Å²) in [5, 5.41) is 29.0. The molecule has 6 bridgehead atoms. The van der Waals surface area contributed by atoms with E-state index in [4.69, 9.17) is 20.2 Å². The van der Waals surface area contributed by atoms with Gasteiger partial charge in [0.25, 0.3) is 0 Å². The Labute approximate surface area is 291 Å². The van der Waals surface area contributed by atoms with Crippen LogP contribution in [0.5, 0.6) is 11.5 Å². The second kappa shape index (κ2) is 15.1. The topological polar surface area (TPSA) is 145 Å². The molecule has 6 N–H and O–H groups in total. The summed E-state index contributed by atoms with van der Waals surface area (Å²) < 4.78 is 12.2. The quantitative estimate of drug-likeness (QED) is 0.233. The number of nitrogens with two attached hydrogens (primary N) is 1. The number of nitrogens with zero attached hydrogens (tertiary/aromatic N) is 3. The number of ether oxygens (including phenoxy) is 2. The molecule has 7 aliphatic rings. The molecule has 1 aromatic rings. The third kappa shape index (κ3) is 8.14. The number of aliphatic hydroxyl groups excluding tert-OH is 1. The van der Waals surface area contributed by atoms with Crippen LogP contribution < -0.4 is 21.1 Å². The van der Waals surface area contributed by atoms with Gasteiger partial charge in [-0.1, -0.05) is 12.0 Å². The standard InChI is InChI=1S/C38H56N6O5/c1-25(45)48-35-18-31(46)8-12-38(11-2-3-28(35)15-26-4-7-34(47)36(17-26)49-32-9-13-40-14-10-32)23-41-37(39)42-24-43-19-27-16-29(21-43)33-6-5-30(38)22-44(33)20-27/h4,7,17,27-33,35,40,46-47H,3,5-6,8-10,12-16,18-24H2,1H3,(H3,39,41,42)/t27-,28+,29-,30-,31+,33-,35-,38-/m1/s1. The molecule has 1 aromatic carbocycles. The molecule has 0 radical (unpaired) electrons. The van der Waals surface area contributed by atoms with E-state index >= 15 is 0 Å². The highest BCUT2D eigenvalue weighted by atomic mass is 16.5. The first-order chi connectivity index (χ1) is 23.7. The molecule has 2 unspecified atom stereocenters. The van der Waals surface area contributed by atoms with E-state index in [9.17, 15) is 15.0 Å². The normalized spacial score (nSPS) is 38.2. The van der Waals surface area contributed by atoms with Gasteiger partial charge >= 0.3 is 5.97 Å². The number of hydrogen-bond acceptors (Lipinski definition) is 11. The fourth-order valence-electron chi connectivity index (χ4n) is 9.82. The van der Waals surface area contributed by atoms with Gasteiger partial charge in [0.2, 0.25) is 0 Å². The molecular formula is C38H56N6O5. The number of nitrogens with one attached hydrogen (secondary N) is 2. The van der Waals surface area contributed by atoms with Crippen LogP contribution in [0.25, 0.3) is 0 Å². The van der Waals surface area contributed by atoms with Gasteiger partial charge in [-0.25, -0.2) is 4.99 Å². The molecule has 10 atom stereocenters. The molecule has 4 saturated heterocycles. The first-order valence-electron chi connectivity index (χ1n) is 18.8. The molecule has 0 saturated carbocycles. The maximum Gasteiger partial charge on any atom is 0.302 e. The Morgan fingerprint density at radius 2 is 1.98 bits per heavy atom. The second-order valence-corrected chi connectivity index (χ2v) is 15.8. The SMILES string of the molecule is CC(=O)O[C@@H]1C[C@@H](O)CC[C@]2(C#CC[C@H]1Cc1ccc(O)c(OC3CCNCC3)c1)CNC(N)=NCN1C[C@H]3C[C@H](C1)[C@H]1CC[C@@H]2CN1C3. The molecule has 11 nitrogen and oxygen atoms in total. The molecule has 0 aromatic heterocycles. The van der Waals surface area contributed by atoms with E-state index in [2.05, 4.69) is 32.3 Å². The predicted octanol–water partition coefficient (Wildman–Crippen LogP) is 2.45. The highest BCUT2D eigenvalue weighted by Gasteiger charge is 2.48. The van der Waals surface area contributed by atoms with E-state index in [1.54, 1.807) is 6.07 Å². The van der Waals surface area contributed by atoms with Crippen molar-refractivity contribution in [3.63, 3.8) is 0 Å². The number of aliphatic hydroxyl groups is 1. The van der Waals surface area contributed by atoms with E-state index in [-0.39, 0.29) is 29.2 Å². The number of hydrogen-bond donors (Lipinski definition) is 5. The summed E-state index contributed by atoms with van der Waals surface area (Å²) >= 11 is 0. The van der Waals surface area contributed by atoms with Crippen LogP contribution in [0, 0.1) is 40.9 Å². The van der Waals surface area contributed by atoms with Gasteiger partial charge in [0.1, 0.15) is 12.2 Å². The molecular weight excluding hydrogens is 620 g/mol. The van der Waals surface area contributed by atoms with Crippen molar-refractivity contribution in [2.24, 2.45) is 39.8 Å². The van der Waals surface area contributed by atoms with Gasteiger partial charge in [0.15, 0.2) is 17.5 Å². The molecule has 4 fully saturated rings. The Hall–Kier alpha value is -3.04. The summed E-state index contributed by atoms with van der Waals surface area (Å²) in [4.78, 5) is 22.4. The van der Waals surface area contributed by atoms with Crippen LogP contribution in [0.4, 0.5) is 0 Å². The Morgan fingerprint density at radius 3 is 2.82 bits per heavy atom. The largest absolute Gasteiger partial charge is 0.504 e. The first-order valence-corrected chi connectivity index (χ1v) is 18.8. The maximum atomic E-state index is 12.3. The lowest BCUT2D eigenvalue weighted by Gasteiger charge is -2.55. The van der Waals surface area contributed by atoms with Gasteiger partial charge in [0, 0.05) is 64.4 Å². The molecule has 0 amide bonds. The minimum absolute atomic E-state index is 0.0548. The zero-order chi connectivity index (χ0) is 34.0. The minimum atomic E-state index is -0.645. The van der Waals surface area contributed by atoms with Gasteiger partial charge in [0.05, 0.1) is 18.2 Å². The summed E-state index contributed by atoms with van der Waals surface area (Å²) in [6.07, 6.45) is 7.04. The van der Waals surface area contributed by atoms with Crippen molar-refractivity contribution in [1.82, 2.24) is 20.4 Å². The van der Waals surface area contributed by atoms with Crippen LogP contribution in [0.3, 0.4) is 0 Å². The molecule has 268 valence electrons. The van der Waals surface area contributed by atoms with Crippen LogP contribution in [0.1, 0.15) is 70.3 Å². The zero-order valence-corrected chi connectivity index (χ0v) is 29.1. The molecule has 8 rings (SSSR count). The van der Waals surface area contributed by atoms with Crippen LogP contribution in [-0.4, -0.2) is 109 Å². The number of guanidine groups is 1. The summed E-state index contributed by atoms with van der Waals surface area (Å²) in [6.45, 7) is 8.77. The van der Waals surface area contributed by atoms with Gasteiger partial charge < -0.3 is 36.1 Å². The number of benzene rings is 1. The Kier molecular flexibility index (Phi) is 10.6. The average Bonchev–Trinajstić information content (AvgIpc) is 3.09. The molecule has 1 aliphatic carbocycles. The number of rotatable bonds is 5. The van der Waals surface area contributed by atoms with Crippen LogP contribution in [0.2, 0.25) is 0 Å². The Balaban J connectivity index is 1.17. The van der Waals surface area contributed by atoms with Crippen molar-refractivity contribution < 1.29 is 24.5 Å². The molecule has 11 heteroatoms. The number of piperidine rings is 4. The van der Waals surface area contributed by atoms with Crippen molar-refractivity contribution in [3.05, 3.63) is 23.8 Å². The van der Waals surface area contributed by atoms with Crippen molar-refractivity contribution in [2.75, 3.05) is 52.5 Å². The third-order valence-corrected chi connectivity index (χ3v) is 12.3. The highest BCUT2D eigenvalue weighted by molar-refractivity contribution is 5.77. The Bertz CT molecular complexity index is 1420. The van der Waals surface area contributed by atoms with E-state index in [0.29, 0.717) is 74.4 Å². The van der Waals surface area contributed by atoms with E-state index in [1.165, 1.54) is 19.8 Å². The number of aromatic hydroxyl groups is 1. The van der Waals surface area contributed by atoms with Gasteiger partial charge in [-0.05, 0) is 99.9 Å². The maximum absolute atomic E-state index is 12.3. The van der Waals surface area contributed by atoms with Crippen molar-refractivity contribution >= 4 is 11.9 Å². The summed E-state index contributed by atoms with van der Waals surface area (Å²) in [5.74, 6) is 9.70. The number of fused-ring (bicyclic) bond motifs is 4. The average molecular weight is 677 g/mol. The zero-order valence-electron chi connectivity index (χ0n) is 29.1. The number of carbonyl (C=O) groups excluding carboxylic acids is 1. The lowest BCUT2D eigenvalue weighted by atomic mass is 9.65. The summed E-state index contributed by atoms with van der Waals surface area (Å²) in [5.41, 5.74) is 7.08. The first kappa shape index (κ1) is 34.4. The van der Waals surface area contributed by atoms with Crippen molar-refractivity contribution in [2.45, 2.75) is 95.5 Å². The minimum Gasteiger partial charge on any atom is -0.504 e. The lowest BCUT2D eigenvalue weighted by Crippen LogP contribution is -2.61. The highest BCUT2D eigenvalue weighted by Crippen LogP contribution is 2.45. The van der Waals surface area contributed by atoms with Crippen LogP contribution >= 0.6 is 0 Å². The van der Waals surface area contributed by atoms with Gasteiger partial charge in [-0.2, -0.15) is 0 Å². The third-order valence-electron chi connectivity index (χ3n) is 12.3. The number of phenolic OH excluding ortho intramolecular Hbond substituents is 1. The second-order valence-electron chi connectivity index (χ2n) is 15.8. The molecule has 6 heterocycles. The van der Waals surface area contributed by atoms with E-state index in [1.807, 2.05) is 12.1 Å².